The van der Waals surface area contributed by atoms with E-state index in [1.54, 1.807) is 18.5 Å². The third-order valence-electron chi connectivity index (χ3n) is 2.94. The maximum Gasteiger partial charge on any atom is 0.287 e. The van der Waals surface area contributed by atoms with E-state index in [2.05, 4.69) is 10.3 Å². The van der Waals surface area contributed by atoms with Gasteiger partial charge in [0.25, 0.3) is 11.6 Å². The van der Waals surface area contributed by atoms with Crippen LogP contribution in [-0.4, -0.2) is 15.8 Å². The highest BCUT2D eigenvalue weighted by atomic mass is 35.5. The average Bonchev–Trinajstić information content (AvgIpc) is 2.47. The van der Waals surface area contributed by atoms with E-state index in [-0.39, 0.29) is 28.2 Å². The highest BCUT2D eigenvalue weighted by Crippen LogP contribution is 2.25. The molecular formula is C14H12ClN3O3. The highest BCUT2D eigenvalue weighted by Gasteiger charge is 2.16. The Balaban J connectivity index is 2.14. The largest absolute Gasteiger partial charge is 0.345 e. The molecule has 0 saturated heterocycles. The Morgan fingerprint density at radius 2 is 2.19 bits per heavy atom. The minimum absolute atomic E-state index is 0.0679. The van der Waals surface area contributed by atoms with Crippen molar-refractivity contribution < 1.29 is 9.72 Å². The van der Waals surface area contributed by atoms with Crippen molar-refractivity contribution in [2.75, 3.05) is 0 Å². The summed E-state index contributed by atoms with van der Waals surface area (Å²) in [6.45, 7) is 1.82. The number of hydrogen-bond acceptors (Lipinski definition) is 4. The summed E-state index contributed by atoms with van der Waals surface area (Å²) < 4.78 is 0. The average molecular weight is 306 g/mol. The number of carbonyl (C=O) groups is 1. The molecule has 1 unspecified atom stereocenters. The Bertz CT molecular complexity index is 676. The number of rotatable bonds is 4. The maximum atomic E-state index is 12.1. The monoisotopic (exact) mass is 305 g/mol. The van der Waals surface area contributed by atoms with Gasteiger partial charge in [0.05, 0.1) is 11.0 Å². The molecule has 0 spiro atoms. The van der Waals surface area contributed by atoms with E-state index >= 15 is 0 Å². The van der Waals surface area contributed by atoms with E-state index in [1.807, 2.05) is 13.0 Å². The Labute approximate surface area is 125 Å². The van der Waals surface area contributed by atoms with E-state index < -0.39 is 4.92 Å². The number of hydrogen-bond donors (Lipinski definition) is 1. The summed E-state index contributed by atoms with van der Waals surface area (Å²) in [6, 6.07) is 7.26. The highest BCUT2D eigenvalue weighted by molar-refractivity contribution is 6.33. The second-order valence-electron chi connectivity index (χ2n) is 4.40. The van der Waals surface area contributed by atoms with Gasteiger partial charge in [-0.15, -0.1) is 0 Å². The van der Waals surface area contributed by atoms with Crippen LogP contribution >= 0.6 is 11.6 Å². The minimum Gasteiger partial charge on any atom is -0.345 e. The molecular weight excluding hydrogens is 294 g/mol. The van der Waals surface area contributed by atoms with Gasteiger partial charge < -0.3 is 5.32 Å². The minimum atomic E-state index is -0.595. The van der Waals surface area contributed by atoms with Gasteiger partial charge in [-0.2, -0.15) is 0 Å². The molecule has 1 aromatic carbocycles. The molecule has 0 fully saturated rings. The van der Waals surface area contributed by atoms with Crippen LogP contribution in [0.2, 0.25) is 5.02 Å². The molecule has 7 heteroatoms. The van der Waals surface area contributed by atoms with Crippen molar-refractivity contribution in [1.82, 2.24) is 10.3 Å². The van der Waals surface area contributed by atoms with Gasteiger partial charge in [-0.1, -0.05) is 17.7 Å². The van der Waals surface area contributed by atoms with Crippen LogP contribution in [0.4, 0.5) is 5.69 Å². The topological polar surface area (TPSA) is 85.1 Å². The molecule has 2 aromatic rings. The number of nitrogens with zero attached hydrogens (tertiary/aromatic N) is 2. The number of nitro benzene ring substituents is 1. The number of aromatic nitrogens is 1. The fourth-order valence-corrected chi connectivity index (χ4v) is 2.04. The van der Waals surface area contributed by atoms with Crippen LogP contribution in [0.5, 0.6) is 0 Å². The first-order chi connectivity index (χ1) is 9.99. The van der Waals surface area contributed by atoms with Crippen molar-refractivity contribution in [1.29, 1.82) is 0 Å². The van der Waals surface area contributed by atoms with Crippen LogP contribution in [0.1, 0.15) is 28.9 Å². The maximum absolute atomic E-state index is 12.1. The van der Waals surface area contributed by atoms with Crippen LogP contribution in [0.25, 0.3) is 0 Å². The number of amides is 1. The van der Waals surface area contributed by atoms with Crippen LogP contribution in [0.3, 0.4) is 0 Å². The molecule has 6 nitrogen and oxygen atoms in total. The van der Waals surface area contributed by atoms with Crippen LogP contribution < -0.4 is 5.32 Å². The van der Waals surface area contributed by atoms with Gasteiger partial charge >= 0.3 is 0 Å². The number of nitro groups is 1. The van der Waals surface area contributed by atoms with Crippen LogP contribution in [0, 0.1) is 10.1 Å². The summed E-state index contributed by atoms with van der Waals surface area (Å²) in [6.07, 6.45) is 3.31. The Morgan fingerprint density at radius 3 is 2.76 bits per heavy atom. The molecule has 2 rings (SSSR count). The molecule has 0 aliphatic rings. The standard InChI is InChI=1S/C14H12ClN3O3/c1-9(11-3-2-6-16-8-11)17-14(19)10-4-5-13(18(20)21)12(15)7-10/h2-9H,1H3,(H,17,19). The summed E-state index contributed by atoms with van der Waals surface area (Å²) in [5, 5.41) is 13.4. The summed E-state index contributed by atoms with van der Waals surface area (Å²) >= 11 is 5.79. The van der Waals surface area contributed by atoms with Crippen molar-refractivity contribution in [2.45, 2.75) is 13.0 Å². The van der Waals surface area contributed by atoms with Gasteiger partial charge in [0.1, 0.15) is 5.02 Å². The lowest BCUT2D eigenvalue weighted by Gasteiger charge is -2.13. The molecule has 1 N–H and O–H groups in total. The number of benzene rings is 1. The van der Waals surface area contributed by atoms with Crippen molar-refractivity contribution in [3.8, 4) is 0 Å². The van der Waals surface area contributed by atoms with E-state index in [0.29, 0.717) is 0 Å². The zero-order valence-corrected chi connectivity index (χ0v) is 11.9. The van der Waals surface area contributed by atoms with Gasteiger partial charge in [0.2, 0.25) is 0 Å². The van der Waals surface area contributed by atoms with E-state index in [1.165, 1.54) is 18.2 Å². The molecule has 1 heterocycles. The van der Waals surface area contributed by atoms with Crippen molar-refractivity contribution >= 4 is 23.2 Å². The predicted octanol–water partition coefficient (Wildman–Crippen LogP) is 3.13. The van der Waals surface area contributed by atoms with Crippen LogP contribution in [-0.2, 0) is 0 Å². The van der Waals surface area contributed by atoms with Crippen molar-refractivity contribution in [2.24, 2.45) is 0 Å². The second kappa shape index (κ2) is 6.32. The fraction of sp³-hybridized carbons (Fsp3) is 0.143. The molecule has 108 valence electrons. The first-order valence-corrected chi connectivity index (χ1v) is 6.51. The number of halogens is 1. The fourth-order valence-electron chi connectivity index (χ4n) is 1.79. The molecule has 0 saturated carbocycles. The summed E-state index contributed by atoms with van der Waals surface area (Å²) in [7, 11) is 0. The van der Waals surface area contributed by atoms with Gasteiger partial charge in [-0.05, 0) is 30.7 Å². The molecule has 0 radical (unpaired) electrons. The summed E-state index contributed by atoms with van der Waals surface area (Å²) in [5.41, 5.74) is 0.897. The van der Waals surface area contributed by atoms with Gasteiger partial charge in [0.15, 0.2) is 0 Å². The zero-order chi connectivity index (χ0) is 15.4. The third-order valence-corrected chi connectivity index (χ3v) is 3.24. The Morgan fingerprint density at radius 1 is 1.43 bits per heavy atom. The lowest BCUT2D eigenvalue weighted by molar-refractivity contribution is -0.384. The molecule has 0 bridgehead atoms. The normalized spacial score (nSPS) is 11.7. The van der Waals surface area contributed by atoms with Gasteiger partial charge in [-0.3, -0.25) is 19.9 Å². The van der Waals surface area contributed by atoms with Crippen molar-refractivity contribution in [3.05, 3.63) is 69.0 Å². The Kier molecular flexibility index (Phi) is 4.49. The van der Waals surface area contributed by atoms with Crippen molar-refractivity contribution in [3.63, 3.8) is 0 Å². The van der Waals surface area contributed by atoms with E-state index in [0.717, 1.165) is 5.56 Å². The summed E-state index contributed by atoms with van der Waals surface area (Å²) in [5.74, 6) is -0.358. The first kappa shape index (κ1) is 14.9. The summed E-state index contributed by atoms with van der Waals surface area (Å²) in [4.78, 5) is 26.2. The van der Waals surface area contributed by atoms with Gasteiger partial charge in [0, 0.05) is 24.0 Å². The lowest BCUT2D eigenvalue weighted by atomic mass is 10.1. The number of pyridine rings is 1. The number of carbonyl (C=O) groups excluding carboxylic acids is 1. The molecule has 1 atom stereocenters. The molecule has 1 aromatic heterocycles. The second-order valence-corrected chi connectivity index (χ2v) is 4.81. The predicted molar refractivity (Wildman–Crippen MR) is 78.2 cm³/mol. The third kappa shape index (κ3) is 3.55. The number of nitrogens with one attached hydrogen (secondary N) is 1. The Hall–Kier alpha value is -2.47. The SMILES string of the molecule is CC(NC(=O)c1ccc([N+](=O)[O-])c(Cl)c1)c1cccnc1. The smallest absolute Gasteiger partial charge is 0.287 e. The zero-order valence-electron chi connectivity index (χ0n) is 11.1. The molecule has 1 amide bonds. The quantitative estimate of drug-likeness (QED) is 0.694. The molecule has 21 heavy (non-hydrogen) atoms. The molecule has 0 aliphatic heterocycles. The van der Waals surface area contributed by atoms with E-state index in [9.17, 15) is 14.9 Å². The van der Waals surface area contributed by atoms with E-state index in [4.69, 9.17) is 11.6 Å². The lowest BCUT2D eigenvalue weighted by Crippen LogP contribution is -2.26. The first-order valence-electron chi connectivity index (χ1n) is 6.14. The molecule has 0 aliphatic carbocycles. The van der Waals surface area contributed by atoms with Gasteiger partial charge in [-0.25, -0.2) is 0 Å². The van der Waals surface area contributed by atoms with Crippen LogP contribution in [0.15, 0.2) is 42.7 Å².